The normalized spacial score (nSPS) is 17.7. The second-order valence-electron chi connectivity index (χ2n) is 8.68. The van der Waals surface area contributed by atoms with E-state index < -0.39 is 17.6 Å². The highest BCUT2D eigenvalue weighted by Gasteiger charge is 2.37. The molecule has 0 bridgehead atoms. The third-order valence-electron chi connectivity index (χ3n) is 6.68. The Morgan fingerprint density at radius 1 is 1.05 bits per heavy atom. The van der Waals surface area contributed by atoms with Crippen LogP contribution in [-0.4, -0.2) is 43.8 Å². The fraction of sp³-hybridized carbons (Fsp3) is 0.286. The highest BCUT2D eigenvalue weighted by atomic mass is 32.1. The zero-order chi connectivity index (χ0) is 27.1. The van der Waals surface area contributed by atoms with Crippen LogP contribution in [0, 0.1) is 0 Å². The van der Waals surface area contributed by atoms with Crippen molar-refractivity contribution < 1.29 is 23.8 Å². The quantitative estimate of drug-likeness (QED) is 0.452. The van der Waals surface area contributed by atoms with E-state index in [1.54, 1.807) is 36.9 Å². The van der Waals surface area contributed by atoms with Crippen LogP contribution < -0.4 is 29.3 Å². The number of fused-ring (bicyclic) bond motifs is 2. The van der Waals surface area contributed by atoms with E-state index in [1.165, 1.54) is 18.8 Å². The molecule has 3 heterocycles. The van der Waals surface area contributed by atoms with E-state index in [2.05, 4.69) is 4.99 Å². The summed E-state index contributed by atoms with van der Waals surface area (Å²) < 4.78 is 18.0. The smallest absolute Gasteiger partial charge is 0.338 e. The second kappa shape index (κ2) is 9.94. The summed E-state index contributed by atoms with van der Waals surface area (Å²) in [6, 6.07) is 11.8. The van der Waals surface area contributed by atoms with Gasteiger partial charge >= 0.3 is 5.97 Å². The minimum absolute atomic E-state index is 0.168. The average Bonchev–Trinajstić information content (AvgIpc) is 3.39. The first kappa shape index (κ1) is 25.5. The van der Waals surface area contributed by atoms with Gasteiger partial charge in [-0.25, -0.2) is 9.79 Å². The molecule has 0 spiro atoms. The summed E-state index contributed by atoms with van der Waals surface area (Å²) in [6.45, 7) is 5.97. The molecule has 9 nitrogen and oxygen atoms in total. The number of aromatic nitrogens is 1. The van der Waals surface area contributed by atoms with Crippen molar-refractivity contribution in [1.82, 2.24) is 4.57 Å². The molecule has 3 aromatic rings. The van der Waals surface area contributed by atoms with Gasteiger partial charge in [-0.1, -0.05) is 35.6 Å². The first-order valence-electron chi connectivity index (χ1n) is 12.2. The fourth-order valence-corrected chi connectivity index (χ4v) is 6.13. The Labute approximate surface area is 222 Å². The van der Waals surface area contributed by atoms with Crippen LogP contribution in [0.4, 0.5) is 5.69 Å². The predicted octanol–water partition coefficient (Wildman–Crippen LogP) is 2.55. The second-order valence-corrected chi connectivity index (χ2v) is 9.66. The van der Waals surface area contributed by atoms with E-state index in [4.69, 9.17) is 14.2 Å². The summed E-state index contributed by atoms with van der Waals surface area (Å²) in [5, 5.41) is 0. The van der Waals surface area contributed by atoms with Crippen LogP contribution in [-0.2, 0) is 14.3 Å². The molecule has 0 N–H and O–H groups in total. The van der Waals surface area contributed by atoms with Crippen LogP contribution in [0.1, 0.15) is 37.9 Å². The standard InChI is InChI=1S/C28H27N3O6S/c1-6-30-18-11-9-8-10-17(18)22(25(30)32)24-26(33)31-23(16-12-13-19(35-4)20(14-16)36-5)21(27(34)37-7-2)15(3)29-28(31)38-24/h8-14,23H,6-7H2,1-5H3/b24-22-. The largest absolute Gasteiger partial charge is 0.493 e. The molecule has 0 saturated carbocycles. The van der Waals surface area contributed by atoms with Gasteiger partial charge in [0.1, 0.15) is 4.53 Å². The Balaban J connectivity index is 1.83. The SMILES string of the molecule is CCOC(=O)C1=C(C)N=c2s/c(=C3\C(=O)N(CC)c4ccccc43)c(=O)n2C1c1ccc(OC)c(OC)c1. The summed E-state index contributed by atoms with van der Waals surface area (Å²) >= 11 is 1.14. The number of ether oxygens (including phenoxy) is 3. The van der Waals surface area contributed by atoms with E-state index in [0.29, 0.717) is 45.2 Å². The van der Waals surface area contributed by atoms with E-state index >= 15 is 0 Å². The zero-order valence-corrected chi connectivity index (χ0v) is 22.5. The van der Waals surface area contributed by atoms with E-state index in [-0.39, 0.29) is 22.6 Å². The summed E-state index contributed by atoms with van der Waals surface area (Å²) in [7, 11) is 3.05. The van der Waals surface area contributed by atoms with Crippen LogP contribution in [0.25, 0.3) is 5.57 Å². The third kappa shape index (κ3) is 3.83. The predicted molar refractivity (Wildman–Crippen MR) is 143 cm³/mol. The molecule has 1 amide bonds. The van der Waals surface area contributed by atoms with Gasteiger partial charge in [0.2, 0.25) is 0 Å². The Morgan fingerprint density at radius 3 is 2.47 bits per heavy atom. The molecule has 0 saturated heterocycles. The number of carbonyl (C=O) groups excluding carboxylic acids is 2. The number of methoxy groups -OCH3 is 2. The number of anilines is 1. The number of thiazole rings is 1. The number of likely N-dealkylation sites (N-methyl/N-ethyl adjacent to an activating group) is 1. The lowest BCUT2D eigenvalue weighted by molar-refractivity contribution is -0.139. The summed E-state index contributed by atoms with van der Waals surface area (Å²) in [5.74, 6) is 0.164. The number of amides is 1. The maximum Gasteiger partial charge on any atom is 0.338 e. The van der Waals surface area contributed by atoms with Crippen LogP contribution in [0.3, 0.4) is 0 Å². The minimum atomic E-state index is -0.839. The van der Waals surface area contributed by atoms with Gasteiger partial charge in [0.15, 0.2) is 16.3 Å². The van der Waals surface area contributed by atoms with Crippen LogP contribution >= 0.6 is 11.3 Å². The average molecular weight is 534 g/mol. The number of nitrogens with zero attached hydrogens (tertiary/aromatic N) is 3. The van der Waals surface area contributed by atoms with Crippen molar-refractivity contribution in [3.63, 3.8) is 0 Å². The van der Waals surface area contributed by atoms with Gasteiger partial charge in [0.25, 0.3) is 11.5 Å². The molecule has 1 unspecified atom stereocenters. The molecule has 2 aromatic carbocycles. The van der Waals surface area contributed by atoms with Crippen molar-refractivity contribution in [2.45, 2.75) is 26.8 Å². The Hall–Kier alpha value is -4.18. The molecule has 10 heteroatoms. The fourth-order valence-electron chi connectivity index (χ4n) is 4.99. The summed E-state index contributed by atoms with van der Waals surface area (Å²) in [5.41, 5.74) is 2.71. The lowest BCUT2D eigenvalue weighted by Crippen LogP contribution is -2.41. The lowest BCUT2D eigenvalue weighted by atomic mass is 9.95. The number of benzene rings is 2. The van der Waals surface area contributed by atoms with Gasteiger partial charge in [-0.3, -0.25) is 14.2 Å². The van der Waals surface area contributed by atoms with Crippen LogP contribution in [0.15, 0.2) is 63.5 Å². The van der Waals surface area contributed by atoms with Gasteiger partial charge in [0, 0.05) is 12.1 Å². The molecule has 5 rings (SSSR count). The lowest BCUT2D eigenvalue weighted by Gasteiger charge is -2.25. The van der Waals surface area contributed by atoms with Crippen molar-refractivity contribution in [2.75, 3.05) is 32.3 Å². The summed E-state index contributed by atoms with van der Waals surface area (Å²) in [6.07, 6.45) is 0. The first-order valence-corrected chi connectivity index (χ1v) is 13.0. The Kier molecular flexibility index (Phi) is 6.66. The molecule has 0 aliphatic carbocycles. The van der Waals surface area contributed by atoms with Gasteiger partial charge in [-0.05, 0) is 44.5 Å². The number of allylic oxidation sites excluding steroid dienone is 1. The van der Waals surface area contributed by atoms with Gasteiger partial charge in [-0.15, -0.1) is 0 Å². The van der Waals surface area contributed by atoms with Crippen LogP contribution in [0.5, 0.6) is 11.5 Å². The Bertz CT molecular complexity index is 1680. The van der Waals surface area contributed by atoms with Crippen molar-refractivity contribution in [3.8, 4) is 11.5 Å². The first-order chi connectivity index (χ1) is 18.4. The minimum Gasteiger partial charge on any atom is -0.493 e. The molecule has 1 atom stereocenters. The highest BCUT2D eigenvalue weighted by molar-refractivity contribution is 7.07. The molecule has 38 heavy (non-hydrogen) atoms. The van der Waals surface area contributed by atoms with Gasteiger partial charge in [-0.2, -0.15) is 0 Å². The highest BCUT2D eigenvalue weighted by Crippen LogP contribution is 2.37. The molecular weight excluding hydrogens is 506 g/mol. The number of esters is 1. The Morgan fingerprint density at radius 2 is 1.79 bits per heavy atom. The molecular formula is C28H27N3O6S. The van der Waals surface area contributed by atoms with Gasteiger partial charge < -0.3 is 19.1 Å². The zero-order valence-electron chi connectivity index (χ0n) is 21.7. The number of hydrogen-bond donors (Lipinski definition) is 0. The van der Waals surface area contributed by atoms with E-state index in [9.17, 15) is 14.4 Å². The molecule has 1 aromatic heterocycles. The summed E-state index contributed by atoms with van der Waals surface area (Å²) in [4.78, 5) is 47.5. The monoisotopic (exact) mass is 533 g/mol. The van der Waals surface area contributed by atoms with E-state index in [1.807, 2.05) is 31.2 Å². The maximum atomic E-state index is 14.1. The topological polar surface area (TPSA) is 99.4 Å². The number of para-hydroxylation sites is 1. The molecule has 2 aliphatic heterocycles. The molecule has 0 radical (unpaired) electrons. The molecule has 2 aliphatic rings. The molecule has 196 valence electrons. The van der Waals surface area contributed by atoms with Crippen molar-refractivity contribution in [1.29, 1.82) is 0 Å². The van der Waals surface area contributed by atoms with Crippen molar-refractivity contribution in [2.24, 2.45) is 4.99 Å². The van der Waals surface area contributed by atoms with Gasteiger partial charge in [0.05, 0.1) is 49.4 Å². The molecule has 0 fully saturated rings. The van der Waals surface area contributed by atoms with Crippen LogP contribution in [0.2, 0.25) is 0 Å². The number of rotatable bonds is 6. The maximum absolute atomic E-state index is 14.1. The third-order valence-corrected chi connectivity index (χ3v) is 7.74. The number of hydrogen-bond acceptors (Lipinski definition) is 8. The van der Waals surface area contributed by atoms with E-state index in [0.717, 1.165) is 17.0 Å². The van der Waals surface area contributed by atoms with Crippen molar-refractivity contribution >= 4 is 34.5 Å². The van der Waals surface area contributed by atoms with Crippen molar-refractivity contribution in [3.05, 3.63) is 84.5 Å². The number of carbonyl (C=O) groups is 2.